The molecule has 0 aliphatic carbocycles. The second-order valence-electron chi connectivity index (χ2n) is 5.92. The van der Waals surface area contributed by atoms with Gasteiger partial charge >= 0.3 is 5.97 Å². The molecular formula is C20H17N3O6S. The Labute approximate surface area is 175 Å². The molecule has 0 saturated heterocycles. The van der Waals surface area contributed by atoms with Crippen molar-refractivity contribution >= 4 is 45.2 Å². The van der Waals surface area contributed by atoms with Crippen LogP contribution < -0.4 is 10.2 Å². The van der Waals surface area contributed by atoms with Gasteiger partial charge in [-0.2, -0.15) is 5.10 Å². The van der Waals surface area contributed by atoms with Crippen LogP contribution in [0.15, 0.2) is 53.6 Å². The average molecular weight is 427 g/mol. The van der Waals surface area contributed by atoms with E-state index < -0.39 is 16.8 Å². The standard InChI is InChI=1S/C20H17N3O6S/c1-2-28-19(24)12-29-16-6-4-3-5-13(16)11-21-22-20(25)18-10-14-9-15(23(26)27)7-8-17(14)30-18/h3-11H,2,12H2,1H3,(H,22,25). The molecule has 0 fully saturated rings. The van der Waals surface area contributed by atoms with Gasteiger partial charge in [-0.1, -0.05) is 12.1 Å². The fraction of sp³-hybridized carbons (Fsp3) is 0.150. The molecule has 9 nitrogen and oxygen atoms in total. The Hall–Kier alpha value is -3.79. The van der Waals surface area contributed by atoms with Gasteiger partial charge in [0, 0.05) is 27.8 Å². The lowest BCUT2D eigenvalue weighted by molar-refractivity contribution is -0.384. The van der Waals surface area contributed by atoms with Crippen LogP contribution in [-0.4, -0.2) is 36.2 Å². The molecule has 0 aliphatic heterocycles. The number of nitro groups is 1. The van der Waals surface area contributed by atoms with Crippen LogP contribution in [0, 0.1) is 10.1 Å². The van der Waals surface area contributed by atoms with Crippen LogP contribution >= 0.6 is 11.3 Å². The smallest absolute Gasteiger partial charge is 0.344 e. The van der Waals surface area contributed by atoms with Gasteiger partial charge in [-0.25, -0.2) is 10.2 Å². The highest BCUT2D eigenvalue weighted by atomic mass is 32.1. The number of hydrogen-bond acceptors (Lipinski definition) is 8. The number of carbonyl (C=O) groups excluding carboxylic acids is 2. The quantitative estimate of drug-likeness (QED) is 0.254. The van der Waals surface area contributed by atoms with Crippen molar-refractivity contribution in [2.75, 3.05) is 13.2 Å². The Morgan fingerprint density at radius 1 is 1.23 bits per heavy atom. The average Bonchev–Trinajstić information content (AvgIpc) is 3.16. The zero-order valence-corrected chi connectivity index (χ0v) is 16.7. The SMILES string of the molecule is CCOC(=O)COc1ccccc1C=NNC(=O)c1cc2cc([N+](=O)[O-])ccc2s1. The van der Waals surface area contributed by atoms with E-state index in [2.05, 4.69) is 10.5 Å². The summed E-state index contributed by atoms with van der Waals surface area (Å²) >= 11 is 1.21. The number of nitrogens with one attached hydrogen (secondary N) is 1. The van der Waals surface area contributed by atoms with E-state index in [1.54, 1.807) is 43.3 Å². The molecule has 3 rings (SSSR count). The van der Waals surface area contributed by atoms with Crippen molar-refractivity contribution in [3.63, 3.8) is 0 Å². The molecule has 10 heteroatoms. The second-order valence-corrected chi connectivity index (χ2v) is 7.00. The van der Waals surface area contributed by atoms with E-state index in [9.17, 15) is 19.7 Å². The van der Waals surface area contributed by atoms with Gasteiger partial charge in [0.25, 0.3) is 11.6 Å². The number of ether oxygens (including phenoxy) is 2. The summed E-state index contributed by atoms with van der Waals surface area (Å²) in [6, 6.07) is 12.9. The summed E-state index contributed by atoms with van der Waals surface area (Å²) in [5, 5.41) is 15.4. The molecule has 3 aromatic rings. The van der Waals surface area contributed by atoms with Gasteiger partial charge in [0.05, 0.1) is 22.6 Å². The molecule has 1 amide bonds. The summed E-state index contributed by atoms with van der Waals surface area (Å²) in [6.45, 7) is 1.74. The molecule has 1 aromatic heterocycles. The van der Waals surface area contributed by atoms with Gasteiger partial charge in [0.15, 0.2) is 6.61 Å². The zero-order chi connectivity index (χ0) is 21.5. The van der Waals surface area contributed by atoms with Gasteiger partial charge in [0.1, 0.15) is 5.75 Å². The number of fused-ring (bicyclic) bond motifs is 1. The molecule has 2 aromatic carbocycles. The minimum Gasteiger partial charge on any atom is -0.481 e. The van der Waals surface area contributed by atoms with Gasteiger partial charge in [-0.15, -0.1) is 11.3 Å². The molecule has 0 unspecified atom stereocenters. The van der Waals surface area contributed by atoms with Crippen molar-refractivity contribution in [1.29, 1.82) is 0 Å². The summed E-state index contributed by atoms with van der Waals surface area (Å²) in [7, 11) is 0. The number of benzene rings is 2. The summed E-state index contributed by atoms with van der Waals surface area (Å²) in [4.78, 5) is 34.6. The van der Waals surface area contributed by atoms with Gasteiger partial charge < -0.3 is 9.47 Å². The summed E-state index contributed by atoms with van der Waals surface area (Å²) in [5.74, 6) is -0.514. The second kappa shape index (κ2) is 9.61. The van der Waals surface area contributed by atoms with Crippen LogP contribution in [0.5, 0.6) is 5.75 Å². The summed E-state index contributed by atoms with van der Waals surface area (Å²) in [5.41, 5.74) is 2.94. The number of non-ortho nitro benzene ring substituents is 1. The highest BCUT2D eigenvalue weighted by Gasteiger charge is 2.13. The molecule has 0 radical (unpaired) electrons. The highest BCUT2D eigenvalue weighted by molar-refractivity contribution is 7.20. The fourth-order valence-corrected chi connectivity index (χ4v) is 3.46. The molecule has 1 heterocycles. The number of esters is 1. The van der Waals surface area contributed by atoms with Crippen molar-refractivity contribution < 1.29 is 24.0 Å². The lowest BCUT2D eigenvalue weighted by Gasteiger charge is -2.08. The molecule has 0 aliphatic rings. The molecule has 1 N–H and O–H groups in total. The number of rotatable bonds is 8. The third-order valence-electron chi connectivity index (χ3n) is 3.87. The van der Waals surface area contributed by atoms with Crippen LogP contribution in [0.2, 0.25) is 0 Å². The Morgan fingerprint density at radius 3 is 2.80 bits per heavy atom. The largest absolute Gasteiger partial charge is 0.481 e. The first-order valence-electron chi connectivity index (χ1n) is 8.86. The first-order valence-corrected chi connectivity index (χ1v) is 9.68. The Kier molecular flexibility index (Phi) is 6.71. The highest BCUT2D eigenvalue weighted by Crippen LogP contribution is 2.28. The minimum absolute atomic E-state index is 0.0373. The van der Waals surface area contributed by atoms with Crippen molar-refractivity contribution in [2.24, 2.45) is 5.10 Å². The fourth-order valence-electron chi connectivity index (χ4n) is 2.53. The van der Waals surface area contributed by atoms with E-state index in [1.165, 1.54) is 29.7 Å². The van der Waals surface area contributed by atoms with Crippen LogP contribution in [0.1, 0.15) is 22.2 Å². The van der Waals surface area contributed by atoms with Crippen molar-refractivity contribution in [3.8, 4) is 5.75 Å². The molecule has 0 spiro atoms. The number of hydrazone groups is 1. The molecule has 154 valence electrons. The number of thiophene rings is 1. The number of para-hydroxylation sites is 1. The van der Waals surface area contributed by atoms with Gasteiger partial charge in [-0.05, 0) is 31.2 Å². The number of nitro benzene ring substituents is 1. The molecule has 0 saturated carbocycles. The van der Waals surface area contributed by atoms with Crippen LogP contribution in [-0.2, 0) is 9.53 Å². The predicted octanol–water partition coefficient (Wildman–Crippen LogP) is 3.52. The third-order valence-corrected chi connectivity index (χ3v) is 4.99. The molecule has 30 heavy (non-hydrogen) atoms. The number of amides is 1. The lowest BCUT2D eigenvalue weighted by atomic mass is 10.2. The van der Waals surface area contributed by atoms with Crippen LogP contribution in [0.3, 0.4) is 0 Å². The maximum absolute atomic E-state index is 12.4. The predicted molar refractivity (Wildman–Crippen MR) is 112 cm³/mol. The molecule has 0 bridgehead atoms. The first-order chi connectivity index (χ1) is 14.5. The topological polar surface area (TPSA) is 120 Å². The Bertz CT molecular complexity index is 1120. The number of hydrogen-bond donors (Lipinski definition) is 1. The lowest BCUT2D eigenvalue weighted by Crippen LogP contribution is -2.17. The third kappa shape index (κ3) is 5.17. The van der Waals surface area contributed by atoms with E-state index >= 15 is 0 Å². The monoisotopic (exact) mass is 427 g/mol. The minimum atomic E-state index is -0.484. The van der Waals surface area contributed by atoms with Crippen molar-refractivity contribution in [1.82, 2.24) is 5.43 Å². The molecule has 0 atom stereocenters. The van der Waals surface area contributed by atoms with Gasteiger partial charge in [0.2, 0.25) is 0 Å². The molecular weight excluding hydrogens is 410 g/mol. The van der Waals surface area contributed by atoms with Gasteiger partial charge in [-0.3, -0.25) is 14.9 Å². The van der Waals surface area contributed by atoms with E-state index in [-0.39, 0.29) is 18.9 Å². The van der Waals surface area contributed by atoms with E-state index in [0.29, 0.717) is 21.6 Å². The summed E-state index contributed by atoms with van der Waals surface area (Å²) < 4.78 is 11.0. The van der Waals surface area contributed by atoms with Crippen molar-refractivity contribution in [2.45, 2.75) is 6.92 Å². The van der Waals surface area contributed by atoms with Crippen LogP contribution in [0.4, 0.5) is 5.69 Å². The Balaban J connectivity index is 1.67. The number of nitrogens with zero attached hydrogens (tertiary/aromatic N) is 2. The summed E-state index contributed by atoms with van der Waals surface area (Å²) in [6.07, 6.45) is 1.40. The maximum atomic E-state index is 12.4. The van der Waals surface area contributed by atoms with Crippen molar-refractivity contribution in [3.05, 3.63) is 69.1 Å². The maximum Gasteiger partial charge on any atom is 0.344 e. The zero-order valence-electron chi connectivity index (χ0n) is 15.9. The van der Waals surface area contributed by atoms with E-state index in [0.717, 1.165) is 4.70 Å². The van der Waals surface area contributed by atoms with Crippen LogP contribution in [0.25, 0.3) is 10.1 Å². The normalized spacial score (nSPS) is 10.8. The van der Waals surface area contributed by atoms with E-state index in [1.807, 2.05) is 0 Å². The first kappa shape index (κ1) is 20.9. The number of carbonyl (C=O) groups is 2. The Morgan fingerprint density at radius 2 is 2.03 bits per heavy atom. The van der Waals surface area contributed by atoms with E-state index in [4.69, 9.17) is 9.47 Å².